The first kappa shape index (κ1) is 10.1. The van der Waals surface area contributed by atoms with E-state index >= 15 is 0 Å². The first-order chi connectivity index (χ1) is 7.65. The number of fused-ring (bicyclic) bond motifs is 5. The largest absolute Gasteiger partial charge is 0.468 e. The van der Waals surface area contributed by atoms with Gasteiger partial charge in [0.25, 0.3) is 0 Å². The monoisotopic (exact) mass is 220 g/mol. The van der Waals surface area contributed by atoms with Crippen LogP contribution in [-0.4, -0.2) is 18.9 Å². The molecule has 0 aromatic carbocycles. The summed E-state index contributed by atoms with van der Waals surface area (Å²) in [6.07, 6.45) is 5.50. The molecule has 3 aliphatic rings. The zero-order chi connectivity index (χ0) is 11.4. The summed E-state index contributed by atoms with van der Waals surface area (Å²) in [6.45, 7) is 2.03. The lowest BCUT2D eigenvalue weighted by molar-refractivity contribution is -0.150. The van der Waals surface area contributed by atoms with Crippen molar-refractivity contribution in [1.82, 2.24) is 0 Å². The van der Waals surface area contributed by atoms with Crippen molar-refractivity contribution in [2.75, 3.05) is 7.11 Å². The van der Waals surface area contributed by atoms with Gasteiger partial charge in [-0.05, 0) is 30.1 Å². The van der Waals surface area contributed by atoms with Gasteiger partial charge in [-0.2, -0.15) is 0 Å². The summed E-state index contributed by atoms with van der Waals surface area (Å²) in [6, 6.07) is 0. The van der Waals surface area contributed by atoms with Crippen LogP contribution >= 0.6 is 0 Å². The van der Waals surface area contributed by atoms with E-state index in [2.05, 4.69) is 12.2 Å². The zero-order valence-electron chi connectivity index (χ0n) is 9.55. The lowest BCUT2D eigenvalue weighted by atomic mass is 9.81. The van der Waals surface area contributed by atoms with Gasteiger partial charge in [0.1, 0.15) is 5.92 Å². The van der Waals surface area contributed by atoms with Gasteiger partial charge in [-0.15, -0.1) is 0 Å². The van der Waals surface area contributed by atoms with Gasteiger partial charge in [0.05, 0.1) is 7.11 Å². The van der Waals surface area contributed by atoms with E-state index in [4.69, 9.17) is 4.74 Å². The van der Waals surface area contributed by atoms with Gasteiger partial charge in [0.15, 0.2) is 5.78 Å². The Bertz CT molecular complexity index is 385. The molecule has 3 aliphatic carbocycles. The maximum atomic E-state index is 12.3. The molecule has 0 N–H and O–H groups in total. The van der Waals surface area contributed by atoms with Gasteiger partial charge in [0.2, 0.25) is 0 Å². The topological polar surface area (TPSA) is 43.4 Å². The molecule has 0 saturated heterocycles. The Morgan fingerprint density at radius 2 is 2.06 bits per heavy atom. The molecule has 3 rings (SSSR count). The second-order valence-corrected chi connectivity index (χ2v) is 5.31. The summed E-state index contributed by atoms with van der Waals surface area (Å²) in [5.74, 6) is 0.798. The van der Waals surface area contributed by atoms with E-state index in [1.165, 1.54) is 7.11 Å². The van der Waals surface area contributed by atoms with E-state index in [1.807, 2.05) is 6.92 Å². The maximum absolute atomic E-state index is 12.3. The average Bonchev–Trinajstić information content (AvgIpc) is 2.92. The lowest BCUT2D eigenvalue weighted by Gasteiger charge is -2.22. The third kappa shape index (κ3) is 1.04. The summed E-state index contributed by atoms with van der Waals surface area (Å²) >= 11 is 0. The molecule has 0 aromatic rings. The number of rotatable bonds is 1. The Kier molecular flexibility index (Phi) is 2.00. The molecule has 3 nitrogen and oxygen atoms in total. The minimum Gasteiger partial charge on any atom is -0.468 e. The molecular weight excluding hydrogens is 204 g/mol. The van der Waals surface area contributed by atoms with Crippen LogP contribution in [0.25, 0.3) is 0 Å². The second kappa shape index (κ2) is 3.19. The van der Waals surface area contributed by atoms with Crippen molar-refractivity contribution in [3.05, 3.63) is 12.2 Å². The number of carbonyl (C=O) groups excluding carboxylic acids is 2. The Labute approximate surface area is 94.8 Å². The standard InChI is InChI=1S/C13H16O3/c1-6-9-7-3-4-8(5-7)11(9)12(14)10(6)13(15)16-2/h3-4,6-11H,5H2,1-2H3/t6-,7?,8?,9?,10?,11?/m1/s1. The zero-order valence-corrected chi connectivity index (χ0v) is 9.55. The highest BCUT2D eigenvalue weighted by atomic mass is 16.5. The fourth-order valence-electron chi connectivity index (χ4n) is 4.12. The number of carbonyl (C=O) groups is 2. The number of esters is 1. The highest BCUT2D eigenvalue weighted by Crippen LogP contribution is 2.57. The number of Topliss-reactive ketones (excluding diaryl/α,β-unsaturated/α-hetero) is 1. The number of hydrogen-bond donors (Lipinski definition) is 0. The molecule has 2 fully saturated rings. The van der Waals surface area contributed by atoms with Crippen LogP contribution in [-0.2, 0) is 14.3 Å². The quantitative estimate of drug-likeness (QED) is 0.381. The van der Waals surface area contributed by atoms with Crippen LogP contribution in [0.5, 0.6) is 0 Å². The molecule has 6 atom stereocenters. The smallest absolute Gasteiger partial charge is 0.316 e. The summed E-state index contributed by atoms with van der Waals surface area (Å²) in [5, 5.41) is 0. The predicted octanol–water partition coefficient (Wildman–Crippen LogP) is 1.43. The van der Waals surface area contributed by atoms with Crippen molar-refractivity contribution in [2.45, 2.75) is 13.3 Å². The van der Waals surface area contributed by atoms with Crippen molar-refractivity contribution in [3.63, 3.8) is 0 Å². The van der Waals surface area contributed by atoms with Crippen molar-refractivity contribution >= 4 is 11.8 Å². The number of ketones is 1. The molecule has 2 bridgehead atoms. The highest BCUT2D eigenvalue weighted by molar-refractivity contribution is 6.03. The molecule has 86 valence electrons. The van der Waals surface area contributed by atoms with Crippen molar-refractivity contribution < 1.29 is 14.3 Å². The van der Waals surface area contributed by atoms with Crippen LogP contribution in [0.1, 0.15) is 13.3 Å². The Morgan fingerprint density at radius 1 is 1.38 bits per heavy atom. The SMILES string of the molecule is COC(=O)C1C(=O)C2C3C=CC(C3)C2[C@H]1C. The highest BCUT2D eigenvalue weighted by Gasteiger charge is 2.60. The van der Waals surface area contributed by atoms with Gasteiger partial charge in [-0.25, -0.2) is 0 Å². The fraction of sp³-hybridized carbons (Fsp3) is 0.692. The summed E-state index contributed by atoms with van der Waals surface area (Å²) in [7, 11) is 1.36. The van der Waals surface area contributed by atoms with Crippen LogP contribution in [0.15, 0.2) is 12.2 Å². The van der Waals surface area contributed by atoms with Crippen LogP contribution in [0.3, 0.4) is 0 Å². The molecule has 0 aromatic heterocycles. The molecule has 0 heterocycles. The van der Waals surface area contributed by atoms with E-state index in [0.717, 1.165) is 6.42 Å². The van der Waals surface area contributed by atoms with Crippen molar-refractivity contribution in [3.8, 4) is 0 Å². The van der Waals surface area contributed by atoms with Crippen LogP contribution in [0, 0.1) is 35.5 Å². The first-order valence-electron chi connectivity index (χ1n) is 5.95. The van der Waals surface area contributed by atoms with Crippen molar-refractivity contribution in [1.29, 1.82) is 0 Å². The number of ether oxygens (including phenoxy) is 1. The van der Waals surface area contributed by atoms with Crippen LogP contribution in [0.2, 0.25) is 0 Å². The molecule has 0 amide bonds. The minimum atomic E-state index is -0.509. The van der Waals surface area contributed by atoms with Gasteiger partial charge in [-0.1, -0.05) is 19.1 Å². The molecule has 0 spiro atoms. The third-order valence-electron chi connectivity index (χ3n) is 4.74. The Morgan fingerprint density at radius 3 is 2.69 bits per heavy atom. The Hall–Kier alpha value is -1.12. The first-order valence-corrected chi connectivity index (χ1v) is 5.95. The molecular formula is C13H16O3. The van der Waals surface area contributed by atoms with Gasteiger partial charge in [0, 0.05) is 5.92 Å². The van der Waals surface area contributed by atoms with Crippen molar-refractivity contribution in [2.24, 2.45) is 35.5 Å². The van der Waals surface area contributed by atoms with E-state index in [1.54, 1.807) is 0 Å². The summed E-state index contributed by atoms with van der Waals surface area (Å²) < 4.78 is 4.75. The Balaban J connectivity index is 1.94. The van der Waals surface area contributed by atoms with E-state index in [0.29, 0.717) is 17.8 Å². The van der Waals surface area contributed by atoms with Gasteiger partial charge < -0.3 is 4.74 Å². The van der Waals surface area contributed by atoms with Crippen LogP contribution in [0.4, 0.5) is 0 Å². The van der Waals surface area contributed by atoms with E-state index in [-0.39, 0.29) is 23.6 Å². The molecule has 0 aliphatic heterocycles. The fourth-order valence-corrected chi connectivity index (χ4v) is 4.12. The maximum Gasteiger partial charge on any atom is 0.316 e. The number of hydrogen-bond acceptors (Lipinski definition) is 3. The molecule has 2 saturated carbocycles. The second-order valence-electron chi connectivity index (χ2n) is 5.31. The van der Waals surface area contributed by atoms with Crippen LogP contribution < -0.4 is 0 Å². The number of allylic oxidation sites excluding steroid dienone is 2. The lowest BCUT2D eigenvalue weighted by Crippen LogP contribution is -2.28. The average molecular weight is 220 g/mol. The summed E-state index contributed by atoms with van der Waals surface area (Å²) in [4.78, 5) is 23.9. The normalized spacial score (nSPS) is 48.5. The van der Waals surface area contributed by atoms with E-state index < -0.39 is 5.92 Å². The van der Waals surface area contributed by atoms with Gasteiger partial charge >= 0.3 is 5.97 Å². The predicted molar refractivity (Wildman–Crippen MR) is 57.4 cm³/mol. The minimum absolute atomic E-state index is 0.0918. The van der Waals surface area contributed by atoms with Gasteiger partial charge in [-0.3, -0.25) is 9.59 Å². The molecule has 5 unspecified atom stereocenters. The van der Waals surface area contributed by atoms with E-state index in [9.17, 15) is 9.59 Å². The number of methoxy groups -OCH3 is 1. The molecule has 3 heteroatoms. The third-order valence-corrected chi connectivity index (χ3v) is 4.74. The summed E-state index contributed by atoms with van der Waals surface area (Å²) in [5.41, 5.74) is 0. The molecule has 16 heavy (non-hydrogen) atoms. The molecule has 0 radical (unpaired) electrons.